The number of aryl methyl sites for hydroxylation is 2. The zero-order valence-electron chi connectivity index (χ0n) is 9.68. The molecule has 2 rings (SSSR count). The molecule has 98 valence electrons. The number of nitrogens with zero attached hydrogens (tertiary/aromatic N) is 1. The van der Waals surface area contributed by atoms with Gasteiger partial charge in [-0.1, -0.05) is 41.2 Å². The van der Waals surface area contributed by atoms with E-state index in [1.807, 2.05) is 6.07 Å². The van der Waals surface area contributed by atoms with Crippen LogP contribution in [0.4, 0.5) is 5.69 Å². The minimum Gasteiger partial charge on any atom is -0.321 e. The molecule has 1 aromatic heterocycles. The molecule has 0 radical (unpaired) electrons. The second-order valence-corrected chi connectivity index (χ2v) is 6.62. The fraction of sp³-hybridized carbons (Fsp3) is 0.500. The Morgan fingerprint density at radius 3 is 2.67 bits per heavy atom. The van der Waals surface area contributed by atoms with E-state index < -0.39 is 9.70 Å². The summed E-state index contributed by atoms with van der Waals surface area (Å²) in [4.78, 5) is 15.9. The van der Waals surface area contributed by atoms with Gasteiger partial charge in [-0.2, -0.15) is 0 Å². The third kappa shape index (κ3) is 3.50. The summed E-state index contributed by atoms with van der Waals surface area (Å²) in [5.74, 6) is -0.664. The SMILES string of the molecule is O=C(Nc1cnc2c(c1)CCCCC2)C(Cl)(Cl)Cl. The number of hydrogen-bond acceptors (Lipinski definition) is 2. The molecule has 6 heteroatoms. The van der Waals surface area contributed by atoms with Gasteiger partial charge >= 0.3 is 0 Å². The van der Waals surface area contributed by atoms with E-state index >= 15 is 0 Å². The molecule has 1 aliphatic rings. The van der Waals surface area contributed by atoms with Gasteiger partial charge in [0.25, 0.3) is 9.70 Å². The highest BCUT2D eigenvalue weighted by Crippen LogP contribution is 2.28. The van der Waals surface area contributed by atoms with Crippen molar-refractivity contribution in [3.63, 3.8) is 0 Å². The minimum absolute atomic E-state index is 0.576. The number of carbonyl (C=O) groups excluding carboxylic acids is 1. The lowest BCUT2D eigenvalue weighted by Crippen LogP contribution is -2.27. The van der Waals surface area contributed by atoms with E-state index in [1.54, 1.807) is 6.20 Å². The number of fused-ring (bicyclic) bond motifs is 1. The normalized spacial score (nSPS) is 15.7. The number of nitrogens with one attached hydrogen (secondary N) is 1. The number of carbonyl (C=O) groups is 1. The van der Waals surface area contributed by atoms with Crippen molar-refractivity contribution < 1.29 is 4.79 Å². The van der Waals surface area contributed by atoms with Gasteiger partial charge in [-0.3, -0.25) is 9.78 Å². The zero-order chi connectivity index (χ0) is 13.2. The van der Waals surface area contributed by atoms with Gasteiger partial charge in [0.1, 0.15) is 0 Å². The maximum absolute atomic E-state index is 11.5. The fourth-order valence-corrected chi connectivity index (χ4v) is 2.18. The smallest absolute Gasteiger partial charge is 0.276 e. The lowest BCUT2D eigenvalue weighted by atomic mass is 10.1. The Morgan fingerprint density at radius 1 is 1.22 bits per heavy atom. The van der Waals surface area contributed by atoms with Crippen molar-refractivity contribution >= 4 is 46.4 Å². The van der Waals surface area contributed by atoms with Crippen molar-refractivity contribution in [1.82, 2.24) is 4.98 Å². The predicted octanol–water partition coefficient (Wildman–Crippen LogP) is 3.66. The molecule has 0 fully saturated rings. The first-order chi connectivity index (χ1) is 8.47. The number of amides is 1. The number of alkyl halides is 3. The molecule has 0 saturated carbocycles. The Bertz CT molecular complexity index is 457. The summed E-state index contributed by atoms with van der Waals surface area (Å²) in [5.41, 5.74) is 2.86. The van der Waals surface area contributed by atoms with Gasteiger partial charge in [0.2, 0.25) is 0 Å². The van der Waals surface area contributed by atoms with Gasteiger partial charge < -0.3 is 5.32 Å². The molecule has 18 heavy (non-hydrogen) atoms. The molecular formula is C12H13Cl3N2O. The largest absolute Gasteiger partial charge is 0.321 e. The average Bonchev–Trinajstić information content (AvgIpc) is 2.52. The van der Waals surface area contributed by atoms with Crippen LogP contribution in [0.5, 0.6) is 0 Å². The first kappa shape index (κ1) is 13.9. The lowest BCUT2D eigenvalue weighted by Gasteiger charge is -2.13. The third-order valence-electron chi connectivity index (χ3n) is 2.93. The van der Waals surface area contributed by atoms with Crippen molar-refractivity contribution in [3.05, 3.63) is 23.5 Å². The van der Waals surface area contributed by atoms with E-state index in [9.17, 15) is 4.79 Å². The van der Waals surface area contributed by atoms with E-state index in [0.717, 1.165) is 25.0 Å². The van der Waals surface area contributed by atoms with E-state index in [0.29, 0.717) is 5.69 Å². The molecule has 0 unspecified atom stereocenters. The predicted molar refractivity (Wildman–Crippen MR) is 74.4 cm³/mol. The Balaban J connectivity index is 2.16. The Morgan fingerprint density at radius 2 is 1.94 bits per heavy atom. The molecule has 0 atom stereocenters. The second-order valence-electron chi connectivity index (χ2n) is 4.34. The van der Waals surface area contributed by atoms with Crippen LogP contribution in [0.2, 0.25) is 0 Å². The van der Waals surface area contributed by atoms with Crippen LogP contribution < -0.4 is 5.32 Å². The highest BCUT2D eigenvalue weighted by molar-refractivity contribution is 6.76. The molecule has 1 aliphatic carbocycles. The summed E-state index contributed by atoms with van der Waals surface area (Å²) in [6.45, 7) is 0. The summed E-state index contributed by atoms with van der Waals surface area (Å²) in [7, 11) is 0. The Labute approximate surface area is 121 Å². The number of aromatic nitrogens is 1. The van der Waals surface area contributed by atoms with Gasteiger partial charge in [-0.15, -0.1) is 0 Å². The Kier molecular flexibility index (Phi) is 4.36. The highest BCUT2D eigenvalue weighted by atomic mass is 35.6. The number of pyridine rings is 1. The summed E-state index contributed by atoms with van der Waals surface area (Å²) in [6, 6.07) is 1.92. The first-order valence-corrected chi connectivity index (χ1v) is 6.96. The van der Waals surface area contributed by atoms with Gasteiger partial charge in [0, 0.05) is 5.69 Å². The first-order valence-electron chi connectivity index (χ1n) is 5.83. The van der Waals surface area contributed by atoms with Crippen molar-refractivity contribution in [2.45, 2.75) is 35.9 Å². The summed E-state index contributed by atoms with van der Waals surface area (Å²) in [5, 5.41) is 2.56. The van der Waals surface area contributed by atoms with E-state index in [4.69, 9.17) is 34.8 Å². The topological polar surface area (TPSA) is 42.0 Å². The van der Waals surface area contributed by atoms with Crippen LogP contribution in [0.15, 0.2) is 12.3 Å². The lowest BCUT2D eigenvalue weighted by molar-refractivity contribution is -0.115. The average molecular weight is 308 g/mol. The van der Waals surface area contributed by atoms with E-state index in [2.05, 4.69) is 10.3 Å². The van der Waals surface area contributed by atoms with Crippen LogP contribution in [-0.2, 0) is 17.6 Å². The molecule has 0 spiro atoms. The van der Waals surface area contributed by atoms with Crippen LogP contribution in [0.1, 0.15) is 30.5 Å². The molecule has 3 nitrogen and oxygen atoms in total. The van der Waals surface area contributed by atoms with Gasteiger partial charge in [0.05, 0.1) is 11.9 Å². The number of halogens is 3. The van der Waals surface area contributed by atoms with Crippen molar-refractivity contribution in [2.24, 2.45) is 0 Å². The molecule has 0 saturated heterocycles. The van der Waals surface area contributed by atoms with Crippen LogP contribution in [0, 0.1) is 0 Å². The quantitative estimate of drug-likeness (QED) is 0.635. The molecule has 1 amide bonds. The second kappa shape index (κ2) is 5.64. The fourth-order valence-electron chi connectivity index (χ4n) is 2.04. The molecule has 0 aliphatic heterocycles. The third-order valence-corrected chi connectivity index (χ3v) is 3.45. The van der Waals surface area contributed by atoms with Crippen LogP contribution >= 0.6 is 34.8 Å². The maximum Gasteiger partial charge on any atom is 0.276 e. The summed E-state index contributed by atoms with van der Waals surface area (Å²) in [6.07, 6.45) is 7.12. The van der Waals surface area contributed by atoms with Crippen LogP contribution in [0.25, 0.3) is 0 Å². The van der Waals surface area contributed by atoms with Crippen LogP contribution in [0.3, 0.4) is 0 Å². The van der Waals surface area contributed by atoms with Crippen LogP contribution in [-0.4, -0.2) is 14.7 Å². The van der Waals surface area contributed by atoms with Gasteiger partial charge in [-0.05, 0) is 37.3 Å². The molecule has 1 N–H and O–H groups in total. The summed E-state index contributed by atoms with van der Waals surface area (Å²) < 4.78 is -1.95. The van der Waals surface area contributed by atoms with Crippen molar-refractivity contribution in [1.29, 1.82) is 0 Å². The van der Waals surface area contributed by atoms with E-state index in [1.165, 1.54) is 18.4 Å². The molecule has 0 aromatic carbocycles. The molecule has 0 bridgehead atoms. The number of anilines is 1. The summed E-state index contributed by atoms with van der Waals surface area (Å²) >= 11 is 16.5. The van der Waals surface area contributed by atoms with Gasteiger partial charge in [-0.25, -0.2) is 0 Å². The standard InChI is InChI=1S/C12H13Cl3N2O/c13-12(14,15)11(18)17-9-6-8-4-2-1-3-5-10(8)16-7-9/h6-7H,1-5H2,(H,17,18). The zero-order valence-corrected chi connectivity index (χ0v) is 11.9. The Hall–Kier alpha value is -0.510. The monoisotopic (exact) mass is 306 g/mol. The number of hydrogen-bond donors (Lipinski definition) is 1. The maximum atomic E-state index is 11.5. The molecule has 1 heterocycles. The highest BCUT2D eigenvalue weighted by Gasteiger charge is 2.30. The van der Waals surface area contributed by atoms with Crippen molar-refractivity contribution in [2.75, 3.05) is 5.32 Å². The van der Waals surface area contributed by atoms with E-state index in [-0.39, 0.29) is 0 Å². The van der Waals surface area contributed by atoms with Crippen molar-refractivity contribution in [3.8, 4) is 0 Å². The molecule has 1 aromatic rings. The minimum atomic E-state index is -1.95. The molecular weight excluding hydrogens is 295 g/mol. The number of rotatable bonds is 1. The van der Waals surface area contributed by atoms with Gasteiger partial charge in [0.15, 0.2) is 0 Å².